The number of hydrogen-bond donors (Lipinski definition) is 2. The van der Waals surface area contributed by atoms with Gasteiger partial charge in [-0.15, -0.1) is 0 Å². The molecule has 18 heavy (non-hydrogen) atoms. The van der Waals surface area contributed by atoms with Gasteiger partial charge in [-0.3, -0.25) is 0 Å². The molecule has 6 heteroatoms. The summed E-state index contributed by atoms with van der Waals surface area (Å²) in [6.45, 7) is 0. The fraction of sp³-hybridized carbons (Fsp3) is 0.417. The fourth-order valence-electron chi connectivity index (χ4n) is 2.18. The largest absolute Gasteiger partial charge is 0.399 e. The Kier molecular flexibility index (Phi) is 3.85. The lowest BCUT2D eigenvalue weighted by Gasteiger charge is -2.21. The third-order valence-electron chi connectivity index (χ3n) is 2.95. The predicted molar refractivity (Wildman–Crippen MR) is 65.1 cm³/mol. The Morgan fingerprint density at radius 3 is 2.78 bits per heavy atom. The van der Waals surface area contributed by atoms with Crippen LogP contribution in [0.5, 0.6) is 0 Å². The molecule has 0 bridgehead atoms. The Labute approximate surface area is 109 Å². The Hall–Kier alpha value is -1.17. The lowest BCUT2D eigenvalue weighted by molar-refractivity contribution is -0.0426. The average molecular weight is 274 g/mol. The number of oxime groups is 1. The summed E-state index contributed by atoms with van der Waals surface area (Å²) < 4.78 is 13.9. The summed E-state index contributed by atoms with van der Waals surface area (Å²) in [5.74, 6) is -0.499. The second-order valence-corrected chi connectivity index (χ2v) is 4.44. The van der Waals surface area contributed by atoms with E-state index in [2.05, 4.69) is 5.16 Å². The van der Waals surface area contributed by atoms with Crippen molar-refractivity contribution in [3.63, 3.8) is 0 Å². The summed E-state index contributed by atoms with van der Waals surface area (Å²) in [7, 11) is 1.40. The van der Waals surface area contributed by atoms with E-state index in [0.717, 1.165) is 12.5 Å². The van der Waals surface area contributed by atoms with Crippen molar-refractivity contribution in [1.82, 2.24) is 0 Å². The van der Waals surface area contributed by atoms with E-state index in [-0.39, 0.29) is 10.6 Å². The van der Waals surface area contributed by atoms with Crippen molar-refractivity contribution in [2.45, 2.75) is 25.6 Å². The van der Waals surface area contributed by atoms with Crippen LogP contribution < -0.4 is 0 Å². The summed E-state index contributed by atoms with van der Waals surface area (Å²) in [4.78, 5) is 4.72. The molecule has 1 aromatic rings. The minimum absolute atomic E-state index is 0.0568. The second kappa shape index (κ2) is 5.22. The predicted octanol–water partition coefficient (Wildman–Crippen LogP) is 2.15. The van der Waals surface area contributed by atoms with Crippen molar-refractivity contribution in [3.8, 4) is 0 Å². The van der Waals surface area contributed by atoms with Gasteiger partial charge in [-0.25, -0.2) is 4.39 Å². The molecule has 0 saturated carbocycles. The average Bonchev–Trinajstić information content (AvgIpc) is 2.33. The molecule has 2 rings (SSSR count). The maximum atomic E-state index is 13.9. The Balaban J connectivity index is 2.68. The highest BCUT2D eigenvalue weighted by atomic mass is 35.5. The molecule has 0 heterocycles. The number of aliphatic hydroxyl groups excluding tert-OH is 1. The zero-order chi connectivity index (χ0) is 13.3. The molecule has 2 N–H and O–H groups in total. The first kappa shape index (κ1) is 13.3. The molecule has 1 aliphatic rings. The number of aliphatic hydroxyl groups is 2. The van der Waals surface area contributed by atoms with E-state index >= 15 is 0 Å². The zero-order valence-corrected chi connectivity index (χ0v) is 10.5. The van der Waals surface area contributed by atoms with Gasteiger partial charge in [0.25, 0.3) is 0 Å². The fourth-order valence-corrected chi connectivity index (χ4v) is 2.55. The van der Waals surface area contributed by atoms with Crippen LogP contribution in [0.15, 0.2) is 11.2 Å². The van der Waals surface area contributed by atoms with Gasteiger partial charge in [0.05, 0.1) is 10.7 Å². The van der Waals surface area contributed by atoms with E-state index in [9.17, 15) is 14.6 Å². The topological polar surface area (TPSA) is 62.0 Å². The maximum Gasteiger partial charge on any atom is 0.180 e. The van der Waals surface area contributed by atoms with Crippen molar-refractivity contribution >= 4 is 17.3 Å². The lowest BCUT2D eigenvalue weighted by Crippen LogP contribution is -2.17. The first-order valence-electron chi connectivity index (χ1n) is 5.53. The van der Waals surface area contributed by atoms with E-state index < -0.39 is 12.1 Å². The van der Waals surface area contributed by atoms with Gasteiger partial charge in [-0.2, -0.15) is 0 Å². The van der Waals surface area contributed by atoms with Gasteiger partial charge in [0, 0.05) is 11.1 Å². The van der Waals surface area contributed by atoms with E-state index in [1.807, 2.05) is 0 Å². The Morgan fingerprint density at radius 1 is 1.44 bits per heavy atom. The number of halogens is 2. The Morgan fingerprint density at radius 2 is 2.17 bits per heavy atom. The molecule has 4 nitrogen and oxygen atoms in total. The van der Waals surface area contributed by atoms with Crippen LogP contribution in [0.4, 0.5) is 4.39 Å². The number of nitrogens with zero attached hydrogens (tertiary/aromatic N) is 1. The third kappa shape index (κ3) is 2.21. The maximum absolute atomic E-state index is 13.9. The highest BCUT2D eigenvalue weighted by Crippen LogP contribution is 2.35. The minimum atomic E-state index is -1.82. The molecule has 0 unspecified atom stereocenters. The highest BCUT2D eigenvalue weighted by Gasteiger charge is 2.26. The lowest BCUT2D eigenvalue weighted by atomic mass is 9.88. The minimum Gasteiger partial charge on any atom is -0.399 e. The van der Waals surface area contributed by atoms with Crippen LogP contribution in [-0.2, 0) is 11.3 Å². The first-order valence-corrected chi connectivity index (χ1v) is 5.91. The van der Waals surface area contributed by atoms with E-state index in [1.54, 1.807) is 0 Å². The summed E-state index contributed by atoms with van der Waals surface area (Å²) >= 11 is 6.10. The molecule has 0 radical (unpaired) electrons. The number of rotatable bonds is 2. The molecular formula is C12H13ClFNO3. The van der Waals surface area contributed by atoms with Gasteiger partial charge >= 0.3 is 0 Å². The van der Waals surface area contributed by atoms with Crippen molar-refractivity contribution in [2.24, 2.45) is 5.16 Å². The SMILES string of the molecule is CO/N=C1/CCCc2c(F)cc(C(O)O)c(Cl)c21. The zero-order valence-electron chi connectivity index (χ0n) is 9.78. The van der Waals surface area contributed by atoms with Gasteiger partial charge in [-0.1, -0.05) is 16.8 Å². The van der Waals surface area contributed by atoms with Gasteiger partial charge in [0.2, 0.25) is 0 Å². The van der Waals surface area contributed by atoms with Crippen LogP contribution >= 0.6 is 11.6 Å². The van der Waals surface area contributed by atoms with Crippen LogP contribution in [-0.4, -0.2) is 23.0 Å². The molecule has 0 fully saturated rings. The van der Waals surface area contributed by atoms with E-state index in [1.165, 1.54) is 7.11 Å². The molecular weight excluding hydrogens is 261 g/mol. The summed E-state index contributed by atoms with van der Waals surface area (Å²) in [6.07, 6.45) is 0.0999. The van der Waals surface area contributed by atoms with Crippen LogP contribution in [0.25, 0.3) is 0 Å². The number of fused-ring (bicyclic) bond motifs is 1. The quantitative estimate of drug-likeness (QED) is 0.641. The monoisotopic (exact) mass is 273 g/mol. The van der Waals surface area contributed by atoms with Gasteiger partial charge in [0.15, 0.2) is 6.29 Å². The smallest absolute Gasteiger partial charge is 0.180 e. The Bertz CT molecular complexity index is 503. The van der Waals surface area contributed by atoms with Crippen LogP contribution in [0, 0.1) is 5.82 Å². The van der Waals surface area contributed by atoms with Gasteiger partial charge < -0.3 is 15.1 Å². The molecule has 0 aliphatic heterocycles. The first-order chi connectivity index (χ1) is 8.56. The third-order valence-corrected chi connectivity index (χ3v) is 3.36. The normalized spacial score (nSPS) is 17.1. The molecule has 0 aromatic heterocycles. The van der Waals surface area contributed by atoms with Crippen molar-refractivity contribution in [1.29, 1.82) is 0 Å². The molecule has 0 saturated heterocycles. The van der Waals surface area contributed by atoms with Crippen molar-refractivity contribution < 1.29 is 19.4 Å². The molecule has 1 aromatic carbocycles. The molecule has 0 spiro atoms. The summed E-state index contributed by atoms with van der Waals surface area (Å²) in [5, 5.41) is 22.3. The molecule has 0 amide bonds. The summed E-state index contributed by atoms with van der Waals surface area (Å²) in [5.41, 5.74) is 1.35. The van der Waals surface area contributed by atoms with Crippen LogP contribution in [0.1, 0.15) is 35.8 Å². The van der Waals surface area contributed by atoms with Crippen LogP contribution in [0.2, 0.25) is 5.02 Å². The second-order valence-electron chi connectivity index (χ2n) is 4.06. The van der Waals surface area contributed by atoms with E-state index in [0.29, 0.717) is 29.7 Å². The van der Waals surface area contributed by atoms with Crippen molar-refractivity contribution in [2.75, 3.05) is 7.11 Å². The molecule has 1 aliphatic carbocycles. The standard InChI is InChI=1S/C12H13ClFNO3/c1-18-15-9-4-2-3-6-8(14)5-7(12(16)17)11(13)10(6)9/h5,12,16-17H,2-4H2,1H3/b15-9-. The van der Waals surface area contributed by atoms with Gasteiger partial charge in [-0.05, 0) is 30.9 Å². The highest BCUT2D eigenvalue weighted by molar-refractivity contribution is 6.35. The molecule has 0 atom stereocenters. The molecule has 98 valence electrons. The number of benzene rings is 1. The van der Waals surface area contributed by atoms with Crippen molar-refractivity contribution in [3.05, 3.63) is 33.6 Å². The van der Waals surface area contributed by atoms with Crippen LogP contribution in [0.3, 0.4) is 0 Å². The number of hydrogen-bond acceptors (Lipinski definition) is 4. The summed E-state index contributed by atoms with van der Waals surface area (Å²) in [6, 6.07) is 1.06. The van der Waals surface area contributed by atoms with Gasteiger partial charge in [0.1, 0.15) is 12.9 Å². The van der Waals surface area contributed by atoms with E-state index in [4.69, 9.17) is 16.4 Å².